The summed E-state index contributed by atoms with van der Waals surface area (Å²) in [5.74, 6) is 1.27. The molecule has 3 aromatic rings. The van der Waals surface area contributed by atoms with E-state index in [4.69, 9.17) is 4.98 Å². The molecule has 1 saturated heterocycles. The van der Waals surface area contributed by atoms with Crippen LogP contribution < -0.4 is 5.56 Å². The highest BCUT2D eigenvalue weighted by Crippen LogP contribution is 2.37. The minimum atomic E-state index is -0.477. The highest BCUT2D eigenvalue weighted by molar-refractivity contribution is 7.99. The van der Waals surface area contributed by atoms with Gasteiger partial charge in [0.2, 0.25) is 5.91 Å². The van der Waals surface area contributed by atoms with Gasteiger partial charge in [0, 0.05) is 18.0 Å². The van der Waals surface area contributed by atoms with E-state index in [0.29, 0.717) is 33.1 Å². The van der Waals surface area contributed by atoms with Crippen LogP contribution in [0.3, 0.4) is 0 Å². The molecule has 1 aromatic carbocycles. The van der Waals surface area contributed by atoms with Crippen LogP contribution in [0.4, 0.5) is 4.39 Å². The first-order chi connectivity index (χ1) is 16.3. The third-order valence-corrected chi connectivity index (χ3v) is 9.01. The minimum Gasteiger partial charge on any atom is -0.341 e. The van der Waals surface area contributed by atoms with Crippen LogP contribution >= 0.6 is 23.1 Å². The molecule has 2 aromatic heterocycles. The van der Waals surface area contributed by atoms with Gasteiger partial charge in [0.25, 0.3) is 5.56 Å². The lowest BCUT2D eigenvalue weighted by atomic mass is 9.89. The van der Waals surface area contributed by atoms with Gasteiger partial charge in [0.1, 0.15) is 10.6 Å². The smallest absolute Gasteiger partial charge is 0.267 e. The Labute approximate surface area is 207 Å². The van der Waals surface area contributed by atoms with E-state index in [-0.39, 0.29) is 22.9 Å². The number of halogens is 1. The summed E-state index contributed by atoms with van der Waals surface area (Å²) >= 11 is 2.81. The molecule has 1 amide bonds. The van der Waals surface area contributed by atoms with E-state index in [1.54, 1.807) is 29.5 Å². The van der Waals surface area contributed by atoms with Gasteiger partial charge in [0.15, 0.2) is 5.16 Å². The van der Waals surface area contributed by atoms with E-state index < -0.39 is 5.82 Å². The second-order valence-corrected chi connectivity index (χ2v) is 12.1. The SMILES string of the molecule is CC1CCc2c(sc3nc(SCC(=O)N4CC(C)CC(C)C4)n(-c4ccccc4F)c(=O)c23)C1. The Morgan fingerprint density at radius 2 is 1.91 bits per heavy atom. The number of piperidine rings is 1. The van der Waals surface area contributed by atoms with Crippen molar-refractivity contribution in [1.82, 2.24) is 14.5 Å². The van der Waals surface area contributed by atoms with E-state index in [0.717, 1.165) is 44.3 Å². The Bertz CT molecular complexity index is 1290. The Morgan fingerprint density at radius 1 is 1.18 bits per heavy atom. The average molecular weight is 500 g/mol. The molecule has 0 saturated carbocycles. The van der Waals surface area contributed by atoms with Crippen LogP contribution in [0.25, 0.3) is 15.9 Å². The number of rotatable bonds is 4. The number of thioether (sulfide) groups is 1. The third kappa shape index (κ3) is 4.42. The zero-order valence-corrected chi connectivity index (χ0v) is 21.5. The normalized spacial score (nSPS) is 22.7. The van der Waals surface area contributed by atoms with E-state index in [2.05, 4.69) is 20.8 Å². The number of hydrogen-bond donors (Lipinski definition) is 0. The van der Waals surface area contributed by atoms with Crippen molar-refractivity contribution in [3.8, 4) is 5.69 Å². The highest BCUT2D eigenvalue weighted by atomic mass is 32.2. The number of amides is 1. The predicted molar refractivity (Wildman–Crippen MR) is 137 cm³/mol. The van der Waals surface area contributed by atoms with Gasteiger partial charge in [-0.3, -0.25) is 14.2 Å². The molecule has 1 fully saturated rings. The molecule has 5 rings (SSSR count). The van der Waals surface area contributed by atoms with Gasteiger partial charge in [-0.2, -0.15) is 0 Å². The van der Waals surface area contributed by atoms with Crippen LogP contribution in [0, 0.1) is 23.6 Å². The summed E-state index contributed by atoms with van der Waals surface area (Å²) in [4.78, 5) is 35.5. The molecule has 1 aliphatic heterocycles. The quantitative estimate of drug-likeness (QED) is 0.361. The fourth-order valence-electron chi connectivity index (χ4n) is 5.40. The molecule has 2 aliphatic rings. The fraction of sp³-hybridized carbons (Fsp3) is 0.500. The number of carbonyl (C=O) groups excluding carboxylic acids is 1. The Hall–Kier alpha value is -2.19. The van der Waals surface area contributed by atoms with Crippen molar-refractivity contribution in [3.63, 3.8) is 0 Å². The van der Waals surface area contributed by atoms with Gasteiger partial charge in [-0.15, -0.1) is 11.3 Å². The number of hydrogen-bond acceptors (Lipinski definition) is 5. The number of carbonyl (C=O) groups is 1. The molecule has 180 valence electrons. The molecule has 3 unspecified atom stereocenters. The Morgan fingerprint density at radius 3 is 2.65 bits per heavy atom. The molecule has 3 heterocycles. The first kappa shape index (κ1) is 23.5. The molecular weight excluding hydrogens is 469 g/mol. The molecule has 0 N–H and O–H groups in total. The number of likely N-dealkylation sites (tertiary alicyclic amines) is 1. The number of para-hydroxylation sites is 1. The summed E-state index contributed by atoms with van der Waals surface area (Å²) in [6.45, 7) is 8.09. The molecule has 1 aliphatic carbocycles. The van der Waals surface area contributed by atoms with Crippen LogP contribution in [0.2, 0.25) is 0 Å². The van der Waals surface area contributed by atoms with Crippen molar-refractivity contribution in [3.05, 3.63) is 50.9 Å². The van der Waals surface area contributed by atoms with E-state index in [1.807, 2.05) is 4.90 Å². The standard InChI is InChI=1S/C26H30FN3O2S2/c1-15-8-9-18-21(11-15)34-24-23(18)25(32)30(20-7-5-4-6-19(20)27)26(28-24)33-14-22(31)29-12-16(2)10-17(3)13-29/h4-7,15-17H,8-14H2,1-3H3. The van der Waals surface area contributed by atoms with Crippen molar-refractivity contribution >= 4 is 39.2 Å². The third-order valence-electron chi connectivity index (χ3n) is 6.94. The van der Waals surface area contributed by atoms with Gasteiger partial charge < -0.3 is 4.90 Å². The summed E-state index contributed by atoms with van der Waals surface area (Å²) in [6.07, 6.45) is 3.96. The average Bonchev–Trinajstić information content (AvgIpc) is 3.15. The monoisotopic (exact) mass is 499 g/mol. The fourth-order valence-corrected chi connectivity index (χ4v) is 7.73. The molecular formula is C26H30FN3O2S2. The maximum Gasteiger partial charge on any atom is 0.267 e. The maximum absolute atomic E-state index is 14.9. The lowest BCUT2D eigenvalue weighted by Gasteiger charge is -2.35. The van der Waals surface area contributed by atoms with Crippen molar-refractivity contribution in [2.75, 3.05) is 18.8 Å². The molecule has 0 spiro atoms. The lowest BCUT2D eigenvalue weighted by Crippen LogP contribution is -2.43. The van der Waals surface area contributed by atoms with Crippen LogP contribution in [0.15, 0.2) is 34.2 Å². The van der Waals surface area contributed by atoms with Crippen molar-refractivity contribution < 1.29 is 9.18 Å². The van der Waals surface area contributed by atoms with E-state index in [1.165, 1.54) is 27.3 Å². The molecule has 0 bridgehead atoms. The summed E-state index contributed by atoms with van der Waals surface area (Å²) in [5.41, 5.74) is 1.02. The number of fused-ring (bicyclic) bond motifs is 3. The van der Waals surface area contributed by atoms with E-state index >= 15 is 0 Å². The van der Waals surface area contributed by atoms with Crippen molar-refractivity contribution in [2.45, 2.75) is 51.6 Å². The van der Waals surface area contributed by atoms with Crippen LogP contribution in [0.1, 0.15) is 44.1 Å². The number of aryl methyl sites for hydroxylation is 1. The van der Waals surface area contributed by atoms with Gasteiger partial charge in [-0.05, 0) is 61.1 Å². The second kappa shape index (κ2) is 9.46. The second-order valence-electron chi connectivity index (χ2n) is 10.1. The first-order valence-electron chi connectivity index (χ1n) is 12.0. The zero-order chi connectivity index (χ0) is 24.0. The number of thiophene rings is 1. The topological polar surface area (TPSA) is 55.2 Å². The minimum absolute atomic E-state index is 0.0390. The molecule has 5 nitrogen and oxygen atoms in total. The predicted octanol–water partition coefficient (Wildman–Crippen LogP) is 5.31. The number of benzene rings is 1. The van der Waals surface area contributed by atoms with Crippen LogP contribution in [-0.4, -0.2) is 39.2 Å². The number of aromatic nitrogens is 2. The summed E-state index contributed by atoms with van der Waals surface area (Å²) in [5, 5.41) is 0.991. The zero-order valence-electron chi connectivity index (χ0n) is 19.8. The van der Waals surface area contributed by atoms with E-state index in [9.17, 15) is 14.0 Å². The largest absolute Gasteiger partial charge is 0.341 e. The molecule has 0 radical (unpaired) electrons. The van der Waals surface area contributed by atoms with Crippen molar-refractivity contribution in [1.29, 1.82) is 0 Å². The molecule has 34 heavy (non-hydrogen) atoms. The number of nitrogens with zero attached hydrogens (tertiary/aromatic N) is 3. The maximum atomic E-state index is 14.9. The Kier molecular flexibility index (Phi) is 6.55. The van der Waals surface area contributed by atoms with Gasteiger partial charge >= 0.3 is 0 Å². The molecule has 3 atom stereocenters. The first-order valence-corrected chi connectivity index (χ1v) is 13.8. The Balaban J connectivity index is 1.55. The molecule has 8 heteroatoms. The summed E-state index contributed by atoms with van der Waals surface area (Å²) in [6, 6.07) is 6.28. The van der Waals surface area contributed by atoms with Crippen LogP contribution in [-0.2, 0) is 17.6 Å². The van der Waals surface area contributed by atoms with Crippen LogP contribution in [0.5, 0.6) is 0 Å². The highest BCUT2D eigenvalue weighted by Gasteiger charge is 2.28. The summed E-state index contributed by atoms with van der Waals surface area (Å²) < 4.78 is 16.2. The lowest BCUT2D eigenvalue weighted by molar-refractivity contribution is -0.130. The van der Waals surface area contributed by atoms with Gasteiger partial charge in [-0.25, -0.2) is 9.37 Å². The van der Waals surface area contributed by atoms with Gasteiger partial charge in [0.05, 0.1) is 16.8 Å². The van der Waals surface area contributed by atoms with Gasteiger partial charge in [-0.1, -0.05) is 44.7 Å². The van der Waals surface area contributed by atoms with Crippen molar-refractivity contribution in [2.24, 2.45) is 17.8 Å². The summed E-state index contributed by atoms with van der Waals surface area (Å²) in [7, 11) is 0.